The lowest BCUT2D eigenvalue weighted by Gasteiger charge is -2.37. The van der Waals surface area contributed by atoms with Gasteiger partial charge in [0.05, 0.1) is 5.60 Å². The predicted molar refractivity (Wildman–Crippen MR) is 103 cm³/mol. The lowest BCUT2D eigenvalue weighted by molar-refractivity contribution is -0.0167. The number of halogens is 1. The Labute approximate surface area is 160 Å². The minimum Gasteiger partial charge on any atom is -0.454 e. The lowest BCUT2D eigenvalue weighted by Crippen LogP contribution is -2.46. The zero-order valence-corrected chi connectivity index (χ0v) is 16.0. The van der Waals surface area contributed by atoms with E-state index in [1.807, 2.05) is 24.3 Å². The summed E-state index contributed by atoms with van der Waals surface area (Å²) < 4.78 is 25.6. The smallest absolute Gasteiger partial charge is 0.166 e. The van der Waals surface area contributed by atoms with Gasteiger partial charge in [0, 0.05) is 32.3 Å². The molecule has 2 aromatic rings. The van der Waals surface area contributed by atoms with E-state index in [1.165, 1.54) is 6.07 Å². The first-order valence-electron chi connectivity index (χ1n) is 9.46. The summed E-state index contributed by atoms with van der Waals surface area (Å²) in [5.74, 6) is 0.437. The van der Waals surface area contributed by atoms with E-state index in [-0.39, 0.29) is 11.6 Å². The summed E-state index contributed by atoms with van der Waals surface area (Å²) >= 11 is 0. The molecule has 0 saturated carbocycles. The summed E-state index contributed by atoms with van der Waals surface area (Å²) in [5.41, 5.74) is 0.0522. The molecule has 1 N–H and O–H groups in total. The van der Waals surface area contributed by atoms with E-state index in [4.69, 9.17) is 9.47 Å². The molecule has 5 heteroatoms. The van der Waals surface area contributed by atoms with Gasteiger partial charge in [0.1, 0.15) is 5.75 Å². The van der Waals surface area contributed by atoms with Gasteiger partial charge in [-0.15, -0.1) is 0 Å². The molecule has 1 fully saturated rings. The number of hydrogen-bond acceptors (Lipinski definition) is 4. The second kappa shape index (κ2) is 8.83. The number of rotatable bonds is 7. The van der Waals surface area contributed by atoms with Gasteiger partial charge < -0.3 is 14.6 Å². The molecule has 0 atom stereocenters. The van der Waals surface area contributed by atoms with Crippen LogP contribution >= 0.6 is 0 Å². The van der Waals surface area contributed by atoms with Gasteiger partial charge in [0.25, 0.3) is 0 Å². The van der Waals surface area contributed by atoms with Crippen molar-refractivity contribution in [3.8, 4) is 11.5 Å². The molecule has 27 heavy (non-hydrogen) atoms. The van der Waals surface area contributed by atoms with Crippen LogP contribution in [-0.4, -0.2) is 41.4 Å². The van der Waals surface area contributed by atoms with Crippen LogP contribution in [0.4, 0.5) is 4.39 Å². The fourth-order valence-corrected chi connectivity index (χ4v) is 3.44. The second-order valence-corrected chi connectivity index (χ2v) is 7.74. The molecule has 1 heterocycles. The van der Waals surface area contributed by atoms with Crippen LogP contribution in [0.5, 0.6) is 11.5 Å². The molecule has 146 valence electrons. The maximum absolute atomic E-state index is 14.6. The molecule has 2 aromatic carbocycles. The van der Waals surface area contributed by atoms with E-state index in [2.05, 4.69) is 4.90 Å². The van der Waals surface area contributed by atoms with Crippen molar-refractivity contribution in [2.24, 2.45) is 0 Å². The summed E-state index contributed by atoms with van der Waals surface area (Å²) in [4.78, 5) is 2.23. The van der Waals surface area contributed by atoms with Crippen molar-refractivity contribution in [2.75, 3.05) is 19.8 Å². The quantitative estimate of drug-likeness (QED) is 0.783. The van der Waals surface area contributed by atoms with Crippen molar-refractivity contribution < 1.29 is 19.0 Å². The highest BCUT2D eigenvalue weighted by atomic mass is 19.1. The van der Waals surface area contributed by atoms with Crippen LogP contribution in [-0.2, 0) is 11.3 Å². The first-order chi connectivity index (χ1) is 12.9. The normalized spacial score (nSPS) is 15.9. The van der Waals surface area contributed by atoms with Gasteiger partial charge in [-0.2, -0.15) is 0 Å². The monoisotopic (exact) mass is 373 g/mol. The molecule has 0 unspecified atom stereocenters. The standard InChI is InChI=1S/C22H28FNO3/c1-22(2,25)16-24(18-10-12-26-13-11-18)15-17-8-9-21(20(23)14-17)27-19-6-4-3-5-7-19/h3-9,14,18,25H,10-13,15-16H2,1-2H3. The molecule has 0 aromatic heterocycles. The topological polar surface area (TPSA) is 41.9 Å². The van der Waals surface area contributed by atoms with Gasteiger partial charge in [-0.3, -0.25) is 4.90 Å². The summed E-state index contributed by atoms with van der Waals surface area (Å²) in [5, 5.41) is 10.3. The van der Waals surface area contributed by atoms with Crippen LogP contribution in [0, 0.1) is 5.82 Å². The Morgan fingerprint density at radius 2 is 1.85 bits per heavy atom. The molecule has 0 amide bonds. The van der Waals surface area contributed by atoms with E-state index >= 15 is 0 Å². The maximum atomic E-state index is 14.6. The average Bonchev–Trinajstić information content (AvgIpc) is 2.64. The highest BCUT2D eigenvalue weighted by molar-refractivity contribution is 5.34. The minimum atomic E-state index is -0.812. The number of hydrogen-bond donors (Lipinski definition) is 1. The third-order valence-corrected chi connectivity index (χ3v) is 4.65. The molecule has 0 spiro atoms. The zero-order valence-electron chi connectivity index (χ0n) is 16.0. The second-order valence-electron chi connectivity index (χ2n) is 7.74. The molecule has 0 radical (unpaired) electrons. The summed E-state index contributed by atoms with van der Waals surface area (Å²) in [6.07, 6.45) is 1.85. The fraction of sp³-hybridized carbons (Fsp3) is 0.455. The number of para-hydroxylation sites is 1. The van der Waals surface area contributed by atoms with Gasteiger partial charge in [-0.25, -0.2) is 4.39 Å². The molecular formula is C22H28FNO3. The van der Waals surface area contributed by atoms with Gasteiger partial charge in [0.15, 0.2) is 11.6 Å². The third-order valence-electron chi connectivity index (χ3n) is 4.65. The highest BCUT2D eigenvalue weighted by Crippen LogP contribution is 2.27. The summed E-state index contributed by atoms with van der Waals surface area (Å²) in [6.45, 7) is 6.17. The summed E-state index contributed by atoms with van der Waals surface area (Å²) in [7, 11) is 0. The van der Waals surface area contributed by atoms with Crippen molar-refractivity contribution in [1.29, 1.82) is 0 Å². The van der Waals surface area contributed by atoms with Gasteiger partial charge >= 0.3 is 0 Å². The molecule has 0 bridgehead atoms. The highest BCUT2D eigenvalue weighted by Gasteiger charge is 2.27. The van der Waals surface area contributed by atoms with E-state index < -0.39 is 5.60 Å². The van der Waals surface area contributed by atoms with Gasteiger partial charge in [-0.1, -0.05) is 24.3 Å². The van der Waals surface area contributed by atoms with Crippen LogP contribution in [0.3, 0.4) is 0 Å². The van der Waals surface area contributed by atoms with Gasteiger partial charge in [0.2, 0.25) is 0 Å². The molecule has 1 aliphatic rings. The van der Waals surface area contributed by atoms with E-state index in [0.29, 0.717) is 24.9 Å². The molecular weight excluding hydrogens is 345 g/mol. The Hall–Kier alpha value is -1.95. The van der Waals surface area contributed by atoms with Crippen LogP contribution in [0.25, 0.3) is 0 Å². The van der Waals surface area contributed by atoms with Crippen LogP contribution in [0.15, 0.2) is 48.5 Å². The minimum absolute atomic E-state index is 0.213. The number of aliphatic hydroxyl groups is 1. The Morgan fingerprint density at radius 3 is 2.48 bits per heavy atom. The van der Waals surface area contributed by atoms with Crippen molar-refractivity contribution in [1.82, 2.24) is 4.90 Å². The predicted octanol–water partition coefficient (Wildman–Crippen LogP) is 4.37. The Kier molecular flexibility index (Phi) is 6.47. The first kappa shape index (κ1) is 19.8. The SMILES string of the molecule is CC(C)(O)CN(Cc1ccc(Oc2ccccc2)c(F)c1)C1CCOCC1. The zero-order chi connectivity index (χ0) is 19.3. The van der Waals surface area contributed by atoms with Crippen LogP contribution in [0.2, 0.25) is 0 Å². The van der Waals surface area contributed by atoms with E-state index in [9.17, 15) is 9.50 Å². The number of benzene rings is 2. The van der Waals surface area contributed by atoms with E-state index in [1.54, 1.807) is 32.0 Å². The fourth-order valence-electron chi connectivity index (χ4n) is 3.44. The van der Waals surface area contributed by atoms with Crippen molar-refractivity contribution in [3.63, 3.8) is 0 Å². The number of ether oxygens (including phenoxy) is 2. The molecule has 1 aliphatic heterocycles. The average molecular weight is 373 g/mol. The van der Waals surface area contributed by atoms with Crippen molar-refractivity contribution in [3.05, 3.63) is 59.9 Å². The largest absolute Gasteiger partial charge is 0.454 e. The lowest BCUT2D eigenvalue weighted by atomic mass is 10.0. The Bertz CT molecular complexity index is 724. The number of nitrogens with zero attached hydrogens (tertiary/aromatic N) is 1. The third kappa shape index (κ3) is 6.03. The Morgan fingerprint density at radius 1 is 1.15 bits per heavy atom. The molecule has 4 nitrogen and oxygen atoms in total. The molecule has 0 aliphatic carbocycles. The van der Waals surface area contributed by atoms with Crippen LogP contribution in [0.1, 0.15) is 32.3 Å². The van der Waals surface area contributed by atoms with Crippen molar-refractivity contribution in [2.45, 2.75) is 44.9 Å². The Balaban J connectivity index is 1.72. The maximum Gasteiger partial charge on any atom is 0.166 e. The van der Waals surface area contributed by atoms with Crippen molar-refractivity contribution >= 4 is 0 Å². The first-order valence-corrected chi connectivity index (χ1v) is 9.46. The van der Waals surface area contributed by atoms with Gasteiger partial charge in [-0.05, 0) is 56.5 Å². The van der Waals surface area contributed by atoms with E-state index in [0.717, 1.165) is 31.6 Å². The summed E-state index contributed by atoms with van der Waals surface area (Å²) in [6, 6.07) is 14.6. The molecule has 1 saturated heterocycles. The van der Waals surface area contributed by atoms with Crippen LogP contribution < -0.4 is 4.74 Å². The molecule has 3 rings (SSSR count).